The number of piperidine rings is 1. The van der Waals surface area contributed by atoms with Crippen LogP contribution in [0.1, 0.15) is 25.3 Å². The Kier molecular flexibility index (Phi) is 8.91. The summed E-state index contributed by atoms with van der Waals surface area (Å²) in [5, 5.41) is 23.5. The SMILES string of the molecule is CCn1c(=C(C#N)C(=O)NCC#N)sc(=CNc2cccc(CN3CCC(C(F)(F)F)CC3)c2)c1=O. The molecule has 1 aromatic heterocycles. The van der Waals surface area contributed by atoms with Crippen molar-refractivity contribution in [2.75, 3.05) is 25.0 Å². The van der Waals surface area contributed by atoms with Gasteiger partial charge < -0.3 is 10.6 Å². The van der Waals surface area contributed by atoms with E-state index in [1.807, 2.05) is 29.2 Å². The van der Waals surface area contributed by atoms with Gasteiger partial charge in [-0.3, -0.25) is 19.1 Å². The molecule has 1 aliphatic heterocycles. The highest BCUT2D eigenvalue weighted by atomic mass is 32.1. The lowest BCUT2D eigenvalue weighted by atomic mass is 9.96. The second-order valence-electron chi connectivity index (χ2n) is 8.23. The number of carbonyl (C=O) groups excluding carboxylic acids is 1. The zero-order valence-electron chi connectivity index (χ0n) is 19.6. The smallest absolute Gasteiger partial charge is 0.360 e. The number of hydrogen-bond acceptors (Lipinski definition) is 7. The molecule has 0 aliphatic carbocycles. The van der Waals surface area contributed by atoms with E-state index in [9.17, 15) is 28.0 Å². The largest absolute Gasteiger partial charge is 0.391 e. The number of carbonyl (C=O) groups is 1. The van der Waals surface area contributed by atoms with Gasteiger partial charge in [0.15, 0.2) is 5.57 Å². The highest BCUT2D eigenvalue weighted by molar-refractivity contribution is 7.07. The van der Waals surface area contributed by atoms with Crippen molar-refractivity contribution < 1.29 is 18.0 Å². The summed E-state index contributed by atoms with van der Waals surface area (Å²) in [6.07, 6.45) is -2.46. The second kappa shape index (κ2) is 11.9. The molecule has 2 aromatic rings. The van der Waals surface area contributed by atoms with E-state index in [0.717, 1.165) is 16.9 Å². The average Bonchev–Trinajstić information content (AvgIpc) is 3.16. The number of nitriles is 2. The molecular weight excluding hydrogens is 493 g/mol. The summed E-state index contributed by atoms with van der Waals surface area (Å²) >= 11 is 0.988. The van der Waals surface area contributed by atoms with Crippen molar-refractivity contribution >= 4 is 34.7 Å². The molecule has 8 nitrogen and oxygen atoms in total. The fourth-order valence-corrected chi connectivity index (χ4v) is 5.07. The van der Waals surface area contributed by atoms with Gasteiger partial charge in [0.05, 0.1) is 12.0 Å². The first kappa shape index (κ1) is 27.0. The Morgan fingerprint density at radius 2 is 2.00 bits per heavy atom. The molecule has 0 atom stereocenters. The molecule has 1 amide bonds. The monoisotopic (exact) mass is 518 g/mol. The minimum atomic E-state index is -4.14. The number of amides is 1. The highest BCUT2D eigenvalue weighted by Gasteiger charge is 2.40. The maximum absolute atomic E-state index is 12.9. The lowest BCUT2D eigenvalue weighted by molar-refractivity contribution is -0.185. The average molecular weight is 519 g/mol. The molecule has 0 bridgehead atoms. The summed E-state index contributed by atoms with van der Waals surface area (Å²) < 4.78 is 40.5. The number of aromatic nitrogens is 1. The molecule has 190 valence electrons. The Labute approximate surface area is 209 Å². The van der Waals surface area contributed by atoms with Gasteiger partial charge in [0.1, 0.15) is 21.8 Å². The van der Waals surface area contributed by atoms with Crippen LogP contribution in [0.25, 0.3) is 11.8 Å². The van der Waals surface area contributed by atoms with E-state index < -0.39 is 18.0 Å². The number of likely N-dealkylation sites (tertiary alicyclic amines) is 1. The van der Waals surface area contributed by atoms with Crippen LogP contribution in [-0.4, -0.2) is 41.2 Å². The second-order valence-corrected chi connectivity index (χ2v) is 9.26. The molecule has 0 unspecified atom stereocenters. The quantitative estimate of drug-likeness (QED) is 0.541. The number of nitrogens with zero attached hydrogens (tertiary/aromatic N) is 4. The predicted molar refractivity (Wildman–Crippen MR) is 130 cm³/mol. The number of rotatable bonds is 7. The van der Waals surface area contributed by atoms with Gasteiger partial charge in [0.2, 0.25) is 0 Å². The minimum Gasteiger partial charge on any atom is -0.360 e. The molecule has 0 spiro atoms. The molecular formula is C24H25F3N6O2S. The van der Waals surface area contributed by atoms with E-state index in [4.69, 9.17) is 5.26 Å². The zero-order chi connectivity index (χ0) is 26.3. The molecule has 1 fully saturated rings. The number of thiazole rings is 1. The lowest BCUT2D eigenvalue weighted by Crippen LogP contribution is -2.38. The van der Waals surface area contributed by atoms with Gasteiger partial charge in [-0.15, -0.1) is 11.3 Å². The number of alkyl halides is 3. The van der Waals surface area contributed by atoms with Crippen LogP contribution in [0.5, 0.6) is 0 Å². The molecule has 1 aliphatic rings. The van der Waals surface area contributed by atoms with Crippen molar-refractivity contribution in [2.24, 2.45) is 5.92 Å². The van der Waals surface area contributed by atoms with E-state index in [-0.39, 0.29) is 46.3 Å². The number of nitrogens with one attached hydrogen (secondary N) is 2. The Morgan fingerprint density at radius 3 is 2.61 bits per heavy atom. The van der Waals surface area contributed by atoms with Crippen molar-refractivity contribution in [1.82, 2.24) is 14.8 Å². The fraction of sp³-hybridized carbons (Fsp3) is 0.417. The molecule has 36 heavy (non-hydrogen) atoms. The maximum atomic E-state index is 12.9. The molecule has 0 radical (unpaired) electrons. The van der Waals surface area contributed by atoms with Gasteiger partial charge in [0, 0.05) is 25.0 Å². The molecule has 3 rings (SSSR count). The van der Waals surface area contributed by atoms with Crippen LogP contribution in [0, 0.1) is 28.6 Å². The van der Waals surface area contributed by atoms with Crippen LogP contribution in [0.2, 0.25) is 0 Å². The summed E-state index contributed by atoms with van der Waals surface area (Å²) in [7, 11) is 0. The third kappa shape index (κ3) is 6.53. The number of benzene rings is 1. The van der Waals surface area contributed by atoms with Gasteiger partial charge in [-0.2, -0.15) is 23.7 Å². The Hall–Kier alpha value is -3.61. The normalized spacial score (nSPS) is 16.2. The van der Waals surface area contributed by atoms with Gasteiger partial charge in [0.25, 0.3) is 11.5 Å². The minimum absolute atomic E-state index is 0.0931. The van der Waals surface area contributed by atoms with Crippen LogP contribution in [0.4, 0.5) is 18.9 Å². The summed E-state index contributed by atoms with van der Waals surface area (Å²) in [5.74, 6) is -1.97. The van der Waals surface area contributed by atoms with Crippen LogP contribution < -0.4 is 25.4 Å². The number of anilines is 1. The van der Waals surface area contributed by atoms with Gasteiger partial charge >= 0.3 is 6.18 Å². The van der Waals surface area contributed by atoms with Crippen LogP contribution in [-0.2, 0) is 17.9 Å². The first-order valence-corrected chi connectivity index (χ1v) is 12.1. The van der Waals surface area contributed by atoms with Gasteiger partial charge in [-0.25, -0.2) is 0 Å². The third-order valence-electron chi connectivity index (χ3n) is 5.86. The zero-order valence-corrected chi connectivity index (χ0v) is 20.4. The predicted octanol–water partition coefficient (Wildman–Crippen LogP) is 1.87. The molecule has 2 N–H and O–H groups in total. The van der Waals surface area contributed by atoms with Crippen molar-refractivity contribution in [3.8, 4) is 12.1 Å². The number of halogens is 3. The lowest BCUT2D eigenvalue weighted by Gasteiger charge is -2.32. The van der Waals surface area contributed by atoms with Gasteiger partial charge in [-0.05, 0) is 50.6 Å². The summed E-state index contributed by atoms with van der Waals surface area (Å²) in [6.45, 7) is 2.98. The topological polar surface area (TPSA) is 114 Å². The van der Waals surface area contributed by atoms with Crippen molar-refractivity contribution in [3.63, 3.8) is 0 Å². The molecule has 1 aromatic carbocycles. The first-order valence-electron chi connectivity index (χ1n) is 11.3. The highest BCUT2D eigenvalue weighted by Crippen LogP contribution is 2.34. The first-order chi connectivity index (χ1) is 17.2. The molecule has 2 heterocycles. The van der Waals surface area contributed by atoms with E-state index >= 15 is 0 Å². The maximum Gasteiger partial charge on any atom is 0.391 e. The van der Waals surface area contributed by atoms with Crippen LogP contribution in [0.3, 0.4) is 0 Å². The van der Waals surface area contributed by atoms with Crippen LogP contribution >= 0.6 is 11.3 Å². The Bertz CT molecular complexity index is 1360. The molecule has 1 saturated heterocycles. The van der Waals surface area contributed by atoms with E-state index in [2.05, 4.69) is 10.6 Å². The third-order valence-corrected chi connectivity index (χ3v) is 6.99. The van der Waals surface area contributed by atoms with Gasteiger partial charge in [-0.1, -0.05) is 12.1 Å². The summed E-state index contributed by atoms with van der Waals surface area (Å²) in [5.41, 5.74) is 0.997. The van der Waals surface area contributed by atoms with E-state index in [1.54, 1.807) is 19.1 Å². The number of hydrogen-bond donors (Lipinski definition) is 2. The molecule has 0 saturated carbocycles. The fourth-order valence-electron chi connectivity index (χ4n) is 3.98. The Morgan fingerprint density at radius 1 is 1.28 bits per heavy atom. The van der Waals surface area contributed by atoms with Crippen molar-refractivity contribution in [3.05, 3.63) is 49.4 Å². The van der Waals surface area contributed by atoms with E-state index in [1.165, 1.54) is 10.8 Å². The van der Waals surface area contributed by atoms with E-state index in [0.29, 0.717) is 25.3 Å². The standard InChI is InChI=1S/C24H25F3N6O2S/c1-2-33-22(35)20(36-23(33)19(13-29)21(34)30-9-8-28)14-31-18-5-3-4-16(12-18)15-32-10-6-17(7-11-32)24(25,26)27/h3-5,12,14,17,31H,2,6-7,9-11,15H2,1H3,(H,30,34). The Balaban J connectivity index is 1.79. The summed E-state index contributed by atoms with van der Waals surface area (Å²) in [6, 6.07) is 11.0. The summed E-state index contributed by atoms with van der Waals surface area (Å²) in [4.78, 5) is 27.1. The molecule has 12 heteroatoms. The van der Waals surface area contributed by atoms with Crippen molar-refractivity contribution in [2.45, 2.75) is 39.0 Å². The van der Waals surface area contributed by atoms with Crippen LogP contribution in [0.15, 0.2) is 29.1 Å². The van der Waals surface area contributed by atoms with Crippen molar-refractivity contribution in [1.29, 1.82) is 10.5 Å².